The molecule has 3 rings (SSSR count). The Bertz CT molecular complexity index is 769. The Hall–Kier alpha value is -1.82. The normalized spacial score (nSPS) is 21.4. The van der Waals surface area contributed by atoms with Gasteiger partial charge in [-0.05, 0) is 50.3 Å². The second kappa shape index (κ2) is 5.43. The number of hydrogen-bond acceptors (Lipinski definition) is 3. The zero-order valence-electron chi connectivity index (χ0n) is 12.9. The molecule has 2 N–H and O–H groups in total. The largest absolute Gasteiger partial charge is 0.351 e. The van der Waals surface area contributed by atoms with E-state index in [2.05, 4.69) is 27.7 Å². The predicted molar refractivity (Wildman–Crippen MR) is 87.5 cm³/mol. The first kappa shape index (κ1) is 15.1. The van der Waals surface area contributed by atoms with Gasteiger partial charge in [0, 0.05) is 11.6 Å². The molecule has 5 nitrogen and oxygen atoms in total. The number of rotatable bonds is 4. The van der Waals surface area contributed by atoms with Crippen molar-refractivity contribution in [1.29, 1.82) is 0 Å². The Morgan fingerprint density at radius 1 is 1.41 bits per heavy atom. The molecule has 0 aliphatic heterocycles. The smallest absolute Gasteiger partial charge is 0.232 e. The quantitative estimate of drug-likeness (QED) is 0.910. The second-order valence-electron chi connectivity index (χ2n) is 5.98. The van der Waals surface area contributed by atoms with Gasteiger partial charge in [0.2, 0.25) is 10.0 Å². The van der Waals surface area contributed by atoms with E-state index in [1.54, 1.807) is 13.3 Å². The van der Waals surface area contributed by atoms with E-state index in [1.807, 2.05) is 18.3 Å². The molecule has 118 valence electrons. The molecule has 2 aromatic rings. The van der Waals surface area contributed by atoms with E-state index >= 15 is 0 Å². The average Bonchev–Trinajstić information content (AvgIpc) is 3.03. The molecule has 1 heterocycles. The lowest BCUT2D eigenvalue weighted by molar-refractivity contribution is 0.456. The van der Waals surface area contributed by atoms with Crippen LogP contribution < -0.4 is 4.72 Å². The molecule has 0 spiro atoms. The van der Waals surface area contributed by atoms with Gasteiger partial charge in [0.25, 0.3) is 0 Å². The van der Waals surface area contributed by atoms with E-state index in [-0.39, 0.29) is 11.2 Å². The number of anilines is 1. The fraction of sp³-hybridized carbons (Fsp3) is 0.438. The number of aromatic amines is 1. The molecule has 1 aromatic carbocycles. The summed E-state index contributed by atoms with van der Waals surface area (Å²) in [4.78, 5) is 7.46. The number of fused-ring (bicyclic) bond motifs is 1. The van der Waals surface area contributed by atoms with E-state index < -0.39 is 10.0 Å². The molecule has 0 saturated carbocycles. The summed E-state index contributed by atoms with van der Waals surface area (Å²) in [6, 6.07) is 5.86. The third-order valence-corrected chi connectivity index (χ3v) is 5.87. The van der Waals surface area contributed by atoms with Gasteiger partial charge in [-0.2, -0.15) is 0 Å². The summed E-state index contributed by atoms with van der Waals surface area (Å²) >= 11 is 0. The number of imidazole rings is 1. The summed E-state index contributed by atoms with van der Waals surface area (Å²) in [5.74, 6) is 0.0767. The van der Waals surface area contributed by atoms with Crippen LogP contribution in [0.2, 0.25) is 0 Å². The Morgan fingerprint density at radius 3 is 2.91 bits per heavy atom. The average molecular weight is 319 g/mol. The molecule has 22 heavy (non-hydrogen) atoms. The number of aromatic nitrogens is 2. The van der Waals surface area contributed by atoms with Crippen LogP contribution in [0.25, 0.3) is 0 Å². The molecule has 6 heteroatoms. The minimum Gasteiger partial charge on any atom is -0.351 e. The van der Waals surface area contributed by atoms with Gasteiger partial charge < -0.3 is 4.98 Å². The topological polar surface area (TPSA) is 74.8 Å². The Balaban J connectivity index is 2.10. The van der Waals surface area contributed by atoms with E-state index in [4.69, 9.17) is 0 Å². The molecule has 1 aromatic heterocycles. The van der Waals surface area contributed by atoms with Gasteiger partial charge in [0.05, 0.1) is 23.5 Å². The fourth-order valence-electron chi connectivity index (χ4n) is 3.29. The SMILES string of the molecule is CCS(=O)(=O)Nc1cccc2c1CCCC2(C)c1c[nH]cn1. The number of sulfonamides is 1. The molecule has 1 atom stereocenters. The van der Waals surface area contributed by atoms with Crippen molar-refractivity contribution < 1.29 is 8.42 Å². The second-order valence-corrected chi connectivity index (χ2v) is 7.99. The Kier molecular flexibility index (Phi) is 3.72. The monoisotopic (exact) mass is 319 g/mol. The van der Waals surface area contributed by atoms with Gasteiger partial charge in [-0.25, -0.2) is 13.4 Å². The number of H-pyrrole nitrogens is 1. The minimum absolute atomic E-state index is 0.0767. The lowest BCUT2D eigenvalue weighted by Crippen LogP contribution is -2.30. The molecule has 0 fully saturated rings. The highest BCUT2D eigenvalue weighted by Crippen LogP contribution is 2.43. The van der Waals surface area contributed by atoms with E-state index in [0.29, 0.717) is 5.69 Å². The molecular weight excluding hydrogens is 298 g/mol. The van der Waals surface area contributed by atoms with Crippen molar-refractivity contribution >= 4 is 15.7 Å². The molecule has 1 aliphatic carbocycles. The number of benzene rings is 1. The first-order chi connectivity index (χ1) is 10.5. The highest BCUT2D eigenvalue weighted by Gasteiger charge is 2.36. The third kappa shape index (κ3) is 2.52. The van der Waals surface area contributed by atoms with Crippen LogP contribution in [0, 0.1) is 0 Å². The standard InChI is InChI=1S/C16H21N3O2S/c1-3-22(20,21)19-14-8-4-7-13-12(14)6-5-9-16(13,2)15-10-17-11-18-15/h4,7-8,10-11,19H,3,5-6,9H2,1-2H3,(H,17,18). The highest BCUT2D eigenvalue weighted by atomic mass is 32.2. The van der Waals surface area contributed by atoms with Crippen molar-refractivity contribution in [2.45, 2.75) is 38.5 Å². The summed E-state index contributed by atoms with van der Waals surface area (Å²) in [5, 5.41) is 0. The number of hydrogen-bond donors (Lipinski definition) is 2. The third-order valence-electron chi connectivity index (χ3n) is 4.58. The molecule has 1 unspecified atom stereocenters. The lowest BCUT2D eigenvalue weighted by atomic mass is 9.69. The molecular formula is C16H21N3O2S. The maximum absolute atomic E-state index is 11.9. The maximum atomic E-state index is 11.9. The van der Waals surface area contributed by atoms with Crippen molar-refractivity contribution in [1.82, 2.24) is 9.97 Å². The number of nitrogens with zero attached hydrogens (tertiary/aromatic N) is 1. The Labute approximate surface area is 131 Å². The highest BCUT2D eigenvalue weighted by molar-refractivity contribution is 7.92. The molecule has 1 aliphatic rings. The van der Waals surface area contributed by atoms with Crippen LogP contribution in [0.15, 0.2) is 30.7 Å². The fourth-order valence-corrected chi connectivity index (χ4v) is 3.96. The van der Waals surface area contributed by atoms with E-state index in [0.717, 1.165) is 30.5 Å². The van der Waals surface area contributed by atoms with Crippen molar-refractivity contribution in [3.8, 4) is 0 Å². The molecule has 0 radical (unpaired) electrons. The maximum Gasteiger partial charge on any atom is 0.232 e. The summed E-state index contributed by atoms with van der Waals surface area (Å²) in [6.45, 7) is 3.82. The first-order valence-corrected chi connectivity index (χ1v) is 9.23. The lowest BCUT2D eigenvalue weighted by Gasteiger charge is -2.35. The zero-order valence-corrected chi connectivity index (χ0v) is 13.7. The van der Waals surface area contributed by atoms with Gasteiger partial charge in [0.15, 0.2) is 0 Å². The van der Waals surface area contributed by atoms with Crippen LogP contribution in [-0.2, 0) is 21.9 Å². The summed E-state index contributed by atoms with van der Waals surface area (Å²) in [5.41, 5.74) is 3.80. The van der Waals surface area contributed by atoms with Crippen LogP contribution in [0.4, 0.5) is 5.69 Å². The van der Waals surface area contributed by atoms with Crippen LogP contribution in [-0.4, -0.2) is 24.1 Å². The van der Waals surface area contributed by atoms with Crippen molar-refractivity contribution in [3.63, 3.8) is 0 Å². The van der Waals surface area contributed by atoms with Crippen LogP contribution in [0.1, 0.15) is 43.5 Å². The summed E-state index contributed by atoms with van der Waals surface area (Å²) in [6.07, 6.45) is 6.53. The van der Waals surface area contributed by atoms with Crippen LogP contribution >= 0.6 is 0 Å². The molecule has 0 amide bonds. The molecule has 0 saturated heterocycles. The van der Waals surface area contributed by atoms with Gasteiger partial charge in [0.1, 0.15) is 0 Å². The van der Waals surface area contributed by atoms with Crippen molar-refractivity contribution in [2.75, 3.05) is 10.5 Å². The van der Waals surface area contributed by atoms with Gasteiger partial charge in [-0.1, -0.05) is 12.1 Å². The van der Waals surface area contributed by atoms with E-state index in [9.17, 15) is 8.42 Å². The molecule has 0 bridgehead atoms. The first-order valence-electron chi connectivity index (χ1n) is 7.58. The number of nitrogens with one attached hydrogen (secondary N) is 2. The van der Waals surface area contributed by atoms with Crippen molar-refractivity contribution in [2.24, 2.45) is 0 Å². The van der Waals surface area contributed by atoms with Crippen molar-refractivity contribution in [3.05, 3.63) is 47.5 Å². The van der Waals surface area contributed by atoms with Crippen LogP contribution in [0.5, 0.6) is 0 Å². The van der Waals surface area contributed by atoms with Gasteiger partial charge in [-0.15, -0.1) is 0 Å². The minimum atomic E-state index is -3.27. The predicted octanol–water partition coefficient (Wildman–Crippen LogP) is 2.81. The van der Waals surface area contributed by atoms with Gasteiger partial charge >= 0.3 is 0 Å². The van der Waals surface area contributed by atoms with E-state index in [1.165, 1.54) is 5.56 Å². The van der Waals surface area contributed by atoms with Crippen LogP contribution in [0.3, 0.4) is 0 Å². The van der Waals surface area contributed by atoms with Gasteiger partial charge in [-0.3, -0.25) is 4.72 Å². The zero-order chi connectivity index (χ0) is 15.8. The Morgan fingerprint density at radius 2 is 2.23 bits per heavy atom. The summed E-state index contributed by atoms with van der Waals surface area (Å²) < 4.78 is 26.6. The summed E-state index contributed by atoms with van der Waals surface area (Å²) in [7, 11) is -3.27.